The molecule has 1 aliphatic carbocycles. The van der Waals surface area contributed by atoms with E-state index < -0.39 is 0 Å². The Balaban J connectivity index is 1.28. The van der Waals surface area contributed by atoms with Gasteiger partial charge in [-0.1, -0.05) is 61.7 Å². The van der Waals surface area contributed by atoms with E-state index in [0.717, 1.165) is 47.0 Å². The van der Waals surface area contributed by atoms with Crippen molar-refractivity contribution in [2.75, 3.05) is 0 Å². The van der Waals surface area contributed by atoms with Gasteiger partial charge in [0, 0.05) is 6.04 Å². The number of hydrogen-bond donors (Lipinski definition) is 1. The van der Waals surface area contributed by atoms with E-state index in [0.29, 0.717) is 17.4 Å². The van der Waals surface area contributed by atoms with Crippen LogP contribution in [0, 0.1) is 0 Å². The molecule has 0 spiro atoms. The molecule has 33 heavy (non-hydrogen) atoms. The Bertz CT molecular complexity index is 1250. The van der Waals surface area contributed by atoms with Crippen LogP contribution in [0.25, 0.3) is 16.8 Å². The first-order valence-electron chi connectivity index (χ1n) is 11.3. The second-order valence-electron chi connectivity index (χ2n) is 8.62. The summed E-state index contributed by atoms with van der Waals surface area (Å²) < 4.78 is 6.89. The third-order valence-electron chi connectivity index (χ3n) is 6.32. The molecule has 2 fully saturated rings. The van der Waals surface area contributed by atoms with E-state index >= 15 is 0 Å². The summed E-state index contributed by atoms with van der Waals surface area (Å²) >= 11 is 9.09. The van der Waals surface area contributed by atoms with Crippen LogP contribution >= 0.6 is 28.1 Å². The monoisotopic (exact) mass is 520 g/mol. The maximum atomic E-state index is 13.0. The zero-order valence-electron chi connectivity index (χ0n) is 18.2. The lowest BCUT2D eigenvalue weighted by atomic mass is 9.94. The maximum Gasteiger partial charge on any atom is 0.276 e. The van der Waals surface area contributed by atoms with Gasteiger partial charge in [-0.2, -0.15) is 0 Å². The van der Waals surface area contributed by atoms with Crippen molar-refractivity contribution in [3.63, 3.8) is 0 Å². The molecule has 1 saturated heterocycles. The fraction of sp³-hybridized carbons (Fsp3) is 0.259. The summed E-state index contributed by atoms with van der Waals surface area (Å²) in [6.45, 7) is 0.481. The molecule has 0 bridgehead atoms. The van der Waals surface area contributed by atoms with Crippen LogP contribution in [-0.4, -0.2) is 22.0 Å². The highest BCUT2D eigenvalue weighted by Crippen LogP contribution is 2.30. The lowest BCUT2D eigenvalue weighted by Gasteiger charge is -2.29. The Kier molecular flexibility index (Phi) is 6.47. The van der Waals surface area contributed by atoms with Crippen LogP contribution in [0.3, 0.4) is 0 Å². The normalized spacial score (nSPS) is 18.2. The first-order chi connectivity index (χ1) is 16.1. The second-order valence-corrected chi connectivity index (χ2v) is 9.86. The van der Waals surface area contributed by atoms with Gasteiger partial charge in [-0.05, 0) is 87.2 Å². The van der Waals surface area contributed by atoms with Crippen LogP contribution in [0.15, 0.2) is 70.8 Å². The molecule has 0 aromatic heterocycles. The largest absolute Gasteiger partial charge is 0.488 e. The summed E-state index contributed by atoms with van der Waals surface area (Å²) in [7, 11) is 0. The molecule has 1 amide bonds. The van der Waals surface area contributed by atoms with Gasteiger partial charge in [-0.3, -0.25) is 9.69 Å². The highest BCUT2D eigenvalue weighted by Gasteiger charge is 2.36. The molecule has 3 aromatic carbocycles. The van der Waals surface area contributed by atoms with E-state index in [-0.39, 0.29) is 11.9 Å². The first-order valence-corrected chi connectivity index (χ1v) is 12.5. The molecule has 2 aliphatic rings. The van der Waals surface area contributed by atoms with Gasteiger partial charge in [-0.15, -0.1) is 0 Å². The molecule has 1 heterocycles. The molecule has 4 nitrogen and oxygen atoms in total. The lowest BCUT2D eigenvalue weighted by Crippen LogP contribution is -2.41. The van der Waals surface area contributed by atoms with Crippen LogP contribution in [-0.2, 0) is 11.4 Å². The summed E-state index contributed by atoms with van der Waals surface area (Å²) in [5, 5.41) is 6.06. The van der Waals surface area contributed by atoms with E-state index in [4.69, 9.17) is 17.0 Å². The van der Waals surface area contributed by atoms with Crippen molar-refractivity contribution < 1.29 is 9.53 Å². The van der Waals surface area contributed by atoms with Crippen molar-refractivity contribution in [1.29, 1.82) is 0 Å². The molecular formula is C27H25BrN2O2S. The Hall–Kier alpha value is -2.70. The molecule has 0 unspecified atom stereocenters. The summed E-state index contributed by atoms with van der Waals surface area (Å²) in [5.41, 5.74) is 2.55. The zero-order chi connectivity index (χ0) is 22.8. The van der Waals surface area contributed by atoms with E-state index in [9.17, 15) is 4.79 Å². The number of nitrogens with zero attached hydrogens (tertiary/aromatic N) is 1. The van der Waals surface area contributed by atoms with Gasteiger partial charge in [0.15, 0.2) is 5.11 Å². The predicted octanol–water partition coefficient (Wildman–Crippen LogP) is 6.57. The summed E-state index contributed by atoms with van der Waals surface area (Å²) in [6, 6.07) is 20.7. The SMILES string of the molecule is O=C1/C(=C/c2ccc(OCc3ccc4ccccc4c3)c(Br)c2)NC(=S)N1C1CCCCC1. The summed E-state index contributed by atoms with van der Waals surface area (Å²) in [6.07, 6.45) is 7.46. The average molecular weight is 521 g/mol. The van der Waals surface area contributed by atoms with Gasteiger partial charge in [0.1, 0.15) is 18.1 Å². The van der Waals surface area contributed by atoms with Crippen molar-refractivity contribution in [2.45, 2.75) is 44.8 Å². The maximum absolute atomic E-state index is 13.0. The first kappa shape index (κ1) is 22.1. The number of benzene rings is 3. The summed E-state index contributed by atoms with van der Waals surface area (Å²) in [4.78, 5) is 14.8. The minimum atomic E-state index is -0.0281. The highest BCUT2D eigenvalue weighted by atomic mass is 79.9. The Morgan fingerprint density at radius 1 is 1.03 bits per heavy atom. The molecule has 0 radical (unpaired) electrons. The number of carbonyl (C=O) groups is 1. The molecule has 3 aromatic rings. The standard InChI is InChI=1S/C27H25BrN2O2S/c28-23-15-18(16-24-26(31)30(27(33)29-24)22-8-2-1-3-9-22)11-13-25(23)32-17-19-10-12-20-6-4-5-7-21(20)14-19/h4-7,10-16,22H,1-3,8-9,17H2,(H,29,33)/b24-16-. The smallest absolute Gasteiger partial charge is 0.276 e. The minimum Gasteiger partial charge on any atom is -0.488 e. The quantitative estimate of drug-likeness (QED) is 0.305. The third-order valence-corrected chi connectivity index (χ3v) is 7.24. The van der Waals surface area contributed by atoms with Gasteiger partial charge >= 0.3 is 0 Å². The fourth-order valence-corrected chi connectivity index (χ4v) is 5.45. The van der Waals surface area contributed by atoms with E-state index in [1.807, 2.05) is 36.4 Å². The van der Waals surface area contributed by atoms with Crippen LogP contribution in [0.1, 0.15) is 43.2 Å². The van der Waals surface area contributed by atoms with Crippen molar-refractivity contribution in [3.05, 3.63) is 82.0 Å². The third kappa shape index (κ3) is 4.82. The van der Waals surface area contributed by atoms with Crippen LogP contribution in [0.2, 0.25) is 0 Å². The molecule has 168 valence electrons. The number of nitrogens with one attached hydrogen (secondary N) is 1. The van der Waals surface area contributed by atoms with Gasteiger partial charge in [0.2, 0.25) is 0 Å². The van der Waals surface area contributed by atoms with Crippen molar-refractivity contribution in [3.8, 4) is 5.75 Å². The molecular weight excluding hydrogens is 496 g/mol. The average Bonchev–Trinajstić information content (AvgIpc) is 3.11. The predicted molar refractivity (Wildman–Crippen MR) is 140 cm³/mol. The number of fused-ring (bicyclic) bond motifs is 1. The Morgan fingerprint density at radius 3 is 2.61 bits per heavy atom. The van der Waals surface area contributed by atoms with Gasteiger partial charge in [0.25, 0.3) is 5.91 Å². The number of halogens is 1. The van der Waals surface area contributed by atoms with E-state index in [1.165, 1.54) is 17.2 Å². The molecule has 0 atom stereocenters. The minimum absolute atomic E-state index is 0.0281. The molecule has 5 rings (SSSR count). The van der Waals surface area contributed by atoms with Gasteiger partial charge < -0.3 is 10.1 Å². The van der Waals surface area contributed by atoms with Crippen molar-refractivity contribution in [1.82, 2.24) is 10.2 Å². The van der Waals surface area contributed by atoms with Crippen LogP contribution < -0.4 is 10.1 Å². The van der Waals surface area contributed by atoms with Crippen LogP contribution in [0.5, 0.6) is 5.75 Å². The van der Waals surface area contributed by atoms with Gasteiger partial charge in [0.05, 0.1) is 4.47 Å². The number of carbonyl (C=O) groups excluding carboxylic acids is 1. The molecule has 1 N–H and O–H groups in total. The number of amides is 1. The Labute approximate surface area is 207 Å². The highest BCUT2D eigenvalue weighted by molar-refractivity contribution is 9.10. The second kappa shape index (κ2) is 9.65. The number of thiocarbonyl (C=S) groups is 1. The van der Waals surface area contributed by atoms with E-state index in [2.05, 4.69) is 51.6 Å². The molecule has 6 heteroatoms. The number of rotatable bonds is 5. The fourth-order valence-electron chi connectivity index (χ4n) is 4.60. The zero-order valence-corrected chi connectivity index (χ0v) is 20.6. The number of hydrogen-bond acceptors (Lipinski definition) is 3. The van der Waals surface area contributed by atoms with Crippen molar-refractivity contribution in [2.24, 2.45) is 0 Å². The molecule has 1 aliphatic heterocycles. The van der Waals surface area contributed by atoms with Crippen molar-refractivity contribution >= 4 is 56.0 Å². The summed E-state index contributed by atoms with van der Waals surface area (Å²) in [5.74, 6) is 0.732. The van der Waals surface area contributed by atoms with Gasteiger partial charge in [-0.25, -0.2) is 0 Å². The Morgan fingerprint density at radius 2 is 1.82 bits per heavy atom. The topological polar surface area (TPSA) is 41.6 Å². The van der Waals surface area contributed by atoms with E-state index in [1.54, 1.807) is 4.90 Å². The van der Waals surface area contributed by atoms with Crippen LogP contribution in [0.4, 0.5) is 0 Å². The molecule has 1 saturated carbocycles. The lowest BCUT2D eigenvalue weighted by molar-refractivity contribution is -0.124. The number of ether oxygens (including phenoxy) is 1.